The van der Waals surface area contributed by atoms with Crippen LogP contribution >= 0.6 is 0 Å². The topological polar surface area (TPSA) is 36.9 Å². The number of hydrogen-bond acceptors (Lipinski definition) is 4. The summed E-state index contributed by atoms with van der Waals surface area (Å²) >= 11 is 0. The summed E-state index contributed by atoms with van der Waals surface area (Å²) in [7, 11) is 1.68. The van der Waals surface area contributed by atoms with Gasteiger partial charge in [0.15, 0.2) is 0 Å². The van der Waals surface area contributed by atoms with E-state index in [0.29, 0.717) is 19.8 Å². The molecule has 3 atom stereocenters. The predicted molar refractivity (Wildman–Crippen MR) is 82.2 cm³/mol. The fourth-order valence-electron chi connectivity index (χ4n) is 1.75. The van der Waals surface area contributed by atoms with Crippen LogP contribution in [0.2, 0.25) is 0 Å². The zero-order chi connectivity index (χ0) is 15.4. The Labute approximate surface area is 125 Å². The van der Waals surface area contributed by atoms with Gasteiger partial charge in [-0.25, -0.2) is 0 Å². The highest BCUT2D eigenvalue weighted by Crippen LogP contribution is 2.05. The Bertz CT molecular complexity index is 209. The van der Waals surface area contributed by atoms with E-state index in [9.17, 15) is 0 Å². The molecule has 122 valence electrons. The molecule has 0 aromatic rings. The lowest BCUT2D eigenvalue weighted by molar-refractivity contribution is -0.0772. The molecule has 0 spiro atoms. The van der Waals surface area contributed by atoms with E-state index in [2.05, 4.69) is 20.8 Å². The second-order valence-corrected chi connectivity index (χ2v) is 5.96. The highest BCUT2D eigenvalue weighted by molar-refractivity contribution is 4.55. The molecule has 4 nitrogen and oxygen atoms in total. The Morgan fingerprint density at radius 1 is 0.700 bits per heavy atom. The Morgan fingerprint density at radius 3 is 1.70 bits per heavy atom. The molecule has 0 radical (unpaired) electrons. The minimum Gasteiger partial charge on any atom is -0.382 e. The van der Waals surface area contributed by atoms with Crippen molar-refractivity contribution in [3.8, 4) is 0 Å². The fourth-order valence-corrected chi connectivity index (χ4v) is 1.75. The van der Waals surface area contributed by atoms with E-state index < -0.39 is 0 Å². The molecule has 0 saturated carbocycles. The van der Waals surface area contributed by atoms with Crippen molar-refractivity contribution in [2.75, 3.05) is 33.5 Å². The van der Waals surface area contributed by atoms with Gasteiger partial charge < -0.3 is 18.9 Å². The average Bonchev–Trinajstić information content (AvgIpc) is 2.39. The predicted octanol–water partition coefficient (Wildman–Crippen LogP) is 3.28. The molecule has 0 bridgehead atoms. The van der Waals surface area contributed by atoms with Crippen LogP contribution in [0.5, 0.6) is 0 Å². The fraction of sp³-hybridized carbons (Fsp3) is 1.00. The Morgan fingerprint density at radius 2 is 1.20 bits per heavy atom. The molecule has 3 unspecified atom stereocenters. The van der Waals surface area contributed by atoms with Gasteiger partial charge in [0.05, 0.1) is 38.1 Å². The maximum atomic E-state index is 5.72. The number of rotatable bonds is 13. The first-order valence-corrected chi connectivity index (χ1v) is 7.79. The van der Waals surface area contributed by atoms with Gasteiger partial charge in [0.1, 0.15) is 0 Å². The molecule has 0 saturated heterocycles. The molecule has 0 heterocycles. The molecule has 20 heavy (non-hydrogen) atoms. The van der Waals surface area contributed by atoms with Crippen LogP contribution in [0.25, 0.3) is 0 Å². The maximum absolute atomic E-state index is 5.72. The van der Waals surface area contributed by atoms with E-state index >= 15 is 0 Å². The highest BCUT2D eigenvalue weighted by Gasteiger charge is 2.09. The summed E-state index contributed by atoms with van der Waals surface area (Å²) in [4.78, 5) is 0. The minimum absolute atomic E-state index is 0.0796. The lowest BCUT2D eigenvalue weighted by Crippen LogP contribution is -2.26. The summed E-state index contributed by atoms with van der Waals surface area (Å²) in [5.74, 6) is 0.747. The van der Waals surface area contributed by atoms with E-state index in [4.69, 9.17) is 18.9 Å². The van der Waals surface area contributed by atoms with Gasteiger partial charge in [-0.3, -0.25) is 0 Å². The lowest BCUT2D eigenvalue weighted by atomic mass is 10.1. The van der Waals surface area contributed by atoms with Gasteiger partial charge in [-0.2, -0.15) is 0 Å². The van der Waals surface area contributed by atoms with Crippen LogP contribution in [0.1, 0.15) is 47.5 Å². The second kappa shape index (κ2) is 12.6. The van der Waals surface area contributed by atoms with Crippen molar-refractivity contribution < 1.29 is 18.9 Å². The van der Waals surface area contributed by atoms with Gasteiger partial charge in [0.2, 0.25) is 0 Å². The summed E-state index contributed by atoms with van der Waals surface area (Å²) in [5.41, 5.74) is 0. The van der Waals surface area contributed by atoms with Crippen molar-refractivity contribution >= 4 is 0 Å². The first-order valence-electron chi connectivity index (χ1n) is 7.79. The standard InChI is InChI=1S/C16H34O4/c1-13(2)8-7-9-18-15(4)11-20-16(5)12-19-14(3)10-17-6/h13-16H,7-12H2,1-6H3. The number of ether oxygens (including phenoxy) is 4. The van der Waals surface area contributed by atoms with Gasteiger partial charge in [-0.1, -0.05) is 13.8 Å². The van der Waals surface area contributed by atoms with Crippen LogP contribution in [-0.2, 0) is 18.9 Å². The Balaban J connectivity index is 3.50. The first-order chi connectivity index (χ1) is 9.45. The molecule has 0 rings (SSSR count). The van der Waals surface area contributed by atoms with Gasteiger partial charge in [0.25, 0.3) is 0 Å². The molecule has 0 aliphatic carbocycles. The summed E-state index contributed by atoms with van der Waals surface area (Å²) in [5, 5.41) is 0. The van der Waals surface area contributed by atoms with Crippen LogP contribution in [0.4, 0.5) is 0 Å². The van der Waals surface area contributed by atoms with Gasteiger partial charge in [-0.15, -0.1) is 0 Å². The largest absolute Gasteiger partial charge is 0.382 e. The monoisotopic (exact) mass is 290 g/mol. The zero-order valence-corrected chi connectivity index (χ0v) is 14.2. The van der Waals surface area contributed by atoms with E-state index in [1.165, 1.54) is 6.42 Å². The molecule has 0 aromatic heterocycles. The number of methoxy groups -OCH3 is 1. The van der Waals surface area contributed by atoms with Crippen LogP contribution in [0.3, 0.4) is 0 Å². The average molecular weight is 290 g/mol. The summed E-state index contributed by atoms with van der Waals surface area (Å²) in [6, 6.07) is 0. The molecule has 0 N–H and O–H groups in total. The molecule has 0 aromatic carbocycles. The summed E-state index contributed by atoms with van der Waals surface area (Å²) < 4.78 is 22.1. The van der Waals surface area contributed by atoms with Crippen LogP contribution in [0.15, 0.2) is 0 Å². The molecule has 0 fully saturated rings. The van der Waals surface area contributed by atoms with E-state index in [0.717, 1.165) is 18.9 Å². The van der Waals surface area contributed by atoms with E-state index in [1.54, 1.807) is 7.11 Å². The van der Waals surface area contributed by atoms with Crippen LogP contribution < -0.4 is 0 Å². The SMILES string of the molecule is COCC(C)OCC(C)OCC(C)OCCCC(C)C. The highest BCUT2D eigenvalue weighted by atomic mass is 16.6. The molecule has 4 heteroatoms. The van der Waals surface area contributed by atoms with Crippen molar-refractivity contribution in [1.29, 1.82) is 0 Å². The molecule has 0 aliphatic rings. The summed E-state index contributed by atoms with van der Waals surface area (Å²) in [6.07, 6.45) is 2.66. The zero-order valence-electron chi connectivity index (χ0n) is 14.2. The molecular weight excluding hydrogens is 256 g/mol. The number of hydrogen-bond donors (Lipinski definition) is 0. The summed E-state index contributed by atoms with van der Waals surface area (Å²) in [6.45, 7) is 13.2. The Hall–Kier alpha value is -0.160. The van der Waals surface area contributed by atoms with Crippen LogP contribution in [-0.4, -0.2) is 51.8 Å². The minimum atomic E-state index is 0.0796. The molecule has 0 aliphatic heterocycles. The second-order valence-electron chi connectivity index (χ2n) is 5.96. The normalized spacial score (nSPS) is 16.4. The van der Waals surface area contributed by atoms with Gasteiger partial charge >= 0.3 is 0 Å². The molecular formula is C16H34O4. The van der Waals surface area contributed by atoms with Gasteiger partial charge in [-0.05, 0) is 39.5 Å². The maximum Gasteiger partial charge on any atom is 0.0781 e. The van der Waals surface area contributed by atoms with Crippen molar-refractivity contribution in [2.24, 2.45) is 5.92 Å². The third kappa shape index (κ3) is 12.9. The quantitative estimate of drug-likeness (QED) is 0.488. The van der Waals surface area contributed by atoms with Gasteiger partial charge in [0, 0.05) is 13.7 Å². The smallest absolute Gasteiger partial charge is 0.0781 e. The van der Waals surface area contributed by atoms with Crippen LogP contribution in [0, 0.1) is 5.92 Å². The Kier molecular flexibility index (Phi) is 12.5. The van der Waals surface area contributed by atoms with Crippen molar-refractivity contribution in [2.45, 2.75) is 65.8 Å². The molecule has 0 amide bonds. The van der Waals surface area contributed by atoms with Crippen molar-refractivity contribution in [1.82, 2.24) is 0 Å². The first kappa shape index (κ1) is 19.8. The van der Waals surface area contributed by atoms with Crippen molar-refractivity contribution in [3.63, 3.8) is 0 Å². The van der Waals surface area contributed by atoms with E-state index in [1.807, 2.05) is 13.8 Å². The lowest BCUT2D eigenvalue weighted by Gasteiger charge is -2.19. The third-order valence-electron chi connectivity index (χ3n) is 2.96. The van der Waals surface area contributed by atoms with E-state index in [-0.39, 0.29) is 18.3 Å². The van der Waals surface area contributed by atoms with Crippen molar-refractivity contribution in [3.05, 3.63) is 0 Å². The third-order valence-corrected chi connectivity index (χ3v) is 2.96.